The molecule has 3 heteroatoms. The Labute approximate surface area is 117 Å². The second-order valence-electron chi connectivity index (χ2n) is 5.86. The van der Waals surface area contributed by atoms with Crippen LogP contribution in [-0.4, -0.2) is 18.0 Å². The van der Waals surface area contributed by atoms with E-state index in [1.165, 1.54) is 50.8 Å². The van der Waals surface area contributed by atoms with Crippen molar-refractivity contribution in [2.45, 2.75) is 59.0 Å². The summed E-state index contributed by atoms with van der Waals surface area (Å²) < 4.78 is 5.64. The van der Waals surface area contributed by atoms with Crippen molar-refractivity contribution in [3.8, 4) is 0 Å². The average Bonchev–Trinajstić information content (AvgIpc) is 2.60. The highest BCUT2D eigenvalue weighted by Crippen LogP contribution is 2.24. The Morgan fingerprint density at radius 3 is 2.89 bits per heavy atom. The van der Waals surface area contributed by atoms with Gasteiger partial charge in [0.25, 0.3) is 0 Å². The third kappa shape index (κ3) is 4.08. The molecule has 1 aliphatic heterocycles. The molecular weight excluding hydrogens is 236 g/mol. The zero-order valence-corrected chi connectivity index (χ0v) is 12.5. The molecule has 1 unspecified atom stereocenters. The van der Waals surface area contributed by atoms with Gasteiger partial charge in [-0.3, -0.25) is 4.90 Å². The first-order valence-electron chi connectivity index (χ1n) is 7.73. The van der Waals surface area contributed by atoms with E-state index >= 15 is 0 Å². The maximum atomic E-state index is 5.64. The van der Waals surface area contributed by atoms with Crippen molar-refractivity contribution in [3.63, 3.8) is 0 Å². The van der Waals surface area contributed by atoms with Gasteiger partial charge in [0.15, 0.2) is 0 Å². The molecule has 1 aromatic heterocycles. The number of hydrogen-bond acceptors (Lipinski definition) is 3. The smallest absolute Gasteiger partial charge is 0.118 e. The number of nitrogens with zero attached hydrogens (tertiary/aromatic N) is 1. The quantitative estimate of drug-likeness (QED) is 0.885. The van der Waals surface area contributed by atoms with Gasteiger partial charge < -0.3 is 10.2 Å². The zero-order chi connectivity index (χ0) is 13.7. The van der Waals surface area contributed by atoms with Crippen molar-refractivity contribution >= 4 is 0 Å². The van der Waals surface area contributed by atoms with Gasteiger partial charge in [-0.1, -0.05) is 19.8 Å². The molecule has 108 valence electrons. The highest BCUT2D eigenvalue weighted by atomic mass is 16.3. The van der Waals surface area contributed by atoms with Gasteiger partial charge in [-0.2, -0.15) is 0 Å². The highest BCUT2D eigenvalue weighted by molar-refractivity contribution is 5.20. The Morgan fingerprint density at radius 2 is 2.21 bits per heavy atom. The zero-order valence-electron chi connectivity index (χ0n) is 12.5. The number of hydrogen-bond donors (Lipinski definition) is 1. The largest absolute Gasteiger partial charge is 0.465 e. The summed E-state index contributed by atoms with van der Waals surface area (Å²) in [6.07, 6.45) is 6.82. The average molecular weight is 264 g/mol. The van der Waals surface area contributed by atoms with Crippen LogP contribution in [0.3, 0.4) is 0 Å². The monoisotopic (exact) mass is 264 g/mol. The molecule has 1 atom stereocenters. The van der Waals surface area contributed by atoms with Gasteiger partial charge in [0, 0.05) is 12.1 Å². The molecule has 0 radical (unpaired) electrons. The van der Waals surface area contributed by atoms with E-state index in [0.29, 0.717) is 6.54 Å². The number of rotatable bonds is 5. The van der Waals surface area contributed by atoms with Crippen LogP contribution in [0.25, 0.3) is 0 Å². The van der Waals surface area contributed by atoms with Gasteiger partial charge in [0.1, 0.15) is 11.5 Å². The second-order valence-corrected chi connectivity index (χ2v) is 5.86. The molecule has 1 aromatic rings. The molecule has 0 aliphatic carbocycles. The normalized spacial score (nSPS) is 21.5. The Kier molecular flexibility index (Phi) is 5.46. The van der Waals surface area contributed by atoms with Crippen molar-refractivity contribution in [1.29, 1.82) is 0 Å². The lowest BCUT2D eigenvalue weighted by atomic mass is 9.96. The lowest BCUT2D eigenvalue weighted by molar-refractivity contribution is 0.269. The molecule has 2 N–H and O–H groups in total. The van der Waals surface area contributed by atoms with Gasteiger partial charge in [0.05, 0.1) is 6.54 Å². The standard InChI is InChI=1S/C16H28N2O/c1-3-5-14-6-4-8-18(9-7-14)12-15-10-16(11-17)19-13(15)2/h10,14H,3-9,11-12,17H2,1-2H3. The third-order valence-electron chi connectivity index (χ3n) is 4.30. The van der Waals surface area contributed by atoms with Crippen LogP contribution in [0.4, 0.5) is 0 Å². The van der Waals surface area contributed by atoms with Crippen LogP contribution in [0.15, 0.2) is 10.5 Å². The molecule has 1 fully saturated rings. The van der Waals surface area contributed by atoms with Gasteiger partial charge in [-0.15, -0.1) is 0 Å². The predicted octanol–water partition coefficient (Wildman–Crippen LogP) is 3.45. The van der Waals surface area contributed by atoms with Crippen LogP contribution in [0.5, 0.6) is 0 Å². The summed E-state index contributed by atoms with van der Waals surface area (Å²) in [6.45, 7) is 8.32. The van der Waals surface area contributed by atoms with Crippen molar-refractivity contribution < 1.29 is 4.42 Å². The molecule has 1 saturated heterocycles. The molecule has 0 aromatic carbocycles. The number of aryl methyl sites for hydroxylation is 1. The van der Waals surface area contributed by atoms with Crippen molar-refractivity contribution in [2.24, 2.45) is 11.7 Å². The summed E-state index contributed by atoms with van der Waals surface area (Å²) in [7, 11) is 0. The van der Waals surface area contributed by atoms with E-state index in [1.807, 2.05) is 6.92 Å². The molecule has 0 spiro atoms. The summed E-state index contributed by atoms with van der Waals surface area (Å²) in [4.78, 5) is 2.58. The SMILES string of the molecule is CCCC1CCCN(Cc2cc(CN)oc2C)CC1. The van der Waals surface area contributed by atoms with Gasteiger partial charge in [-0.05, 0) is 51.3 Å². The van der Waals surface area contributed by atoms with E-state index in [0.717, 1.165) is 24.0 Å². The Bertz CT molecular complexity index is 386. The molecular formula is C16H28N2O. The van der Waals surface area contributed by atoms with E-state index < -0.39 is 0 Å². The first-order chi connectivity index (χ1) is 9.22. The van der Waals surface area contributed by atoms with Crippen LogP contribution in [-0.2, 0) is 13.1 Å². The summed E-state index contributed by atoms with van der Waals surface area (Å²) in [5.41, 5.74) is 6.95. The van der Waals surface area contributed by atoms with Gasteiger partial charge >= 0.3 is 0 Å². The van der Waals surface area contributed by atoms with Gasteiger partial charge in [0.2, 0.25) is 0 Å². The lowest BCUT2D eigenvalue weighted by Gasteiger charge is -2.19. The molecule has 0 saturated carbocycles. The fraction of sp³-hybridized carbons (Fsp3) is 0.750. The molecule has 0 amide bonds. The van der Waals surface area contributed by atoms with Crippen LogP contribution in [0, 0.1) is 12.8 Å². The molecule has 19 heavy (non-hydrogen) atoms. The van der Waals surface area contributed by atoms with E-state index in [2.05, 4.69) is 17.9 Å². The molecule has 2 heterocycles. The van der Waals surface area contributed by atoms with Crippen molar-refractivity contribution in [1.82, 2.24) is 4.90 Å². The Balaban J connectivity index is 1.90. The minimum atomic E-state index is 0.499. The minimum absolute atomic E-state index is 0.499. The fourth-order valence-electron chi connectivity index (χ4n) is 3.17. The summed E-state index contributed by atoms with van der Waals surface area (Å²) >= 11 is 0. The first-order valence-corrected chi connectivity index (χ1v) is 7.73. The van der Waals surface area contributed by atoms with E-state index in [1.54, 1.807) is 0 Å². The maximum Gasteiger partial charge on any atom is 0.118 e. The topological polar surface area (TPSA) is 42.4 Å². The summed E-state index contributed by atoms with van der Waals surface area (Å²) in [5, 5.41) is 0. The van der Waals surface area contributed by atoms with E-state index in [4.69, 9.17) is 10.2 Å². The maximum absolute atomic E-state index is 5.64. The predicted molar refractivity (Wildman–Crippen MR) is 78.9 cm³/mol. The molecule has 2 rings (SSSR count). The molecule has 0 bridgehead atoms. The Hall–Kier alpha value is -0.800. The minimum Gasteiger partial charge on any atom is -0.465 e. The molecule has 1 aliphatic rings. The first kappa shape index (κ1) is 14.6. The molecule has 3 nitrogen and oxygen atoms in total. The number of likely N-dealkylation sites (tertiary alicyclic amines) is 1. The Morgan fingerprint density at radius 1 is 1.37 bits per heavy atom. The van der Waals surface area contributed by atoms with E-state index in [-0.39, 0.29) is 0 Å². The van der Waals surface area contributed by atoms with E-state index in [9.17, 15) is 0 Å². The number of nitrogens with two attached hydrogens (primary N) is 1. The van der Waals surface area contributed by atoms with Crippen LogP contribution < -0.4 is 5.73 Å². The van der Waals surface area contributed by atoms with Gasteiger partial charge in [-0.25, -0.2) is 0 Å². The summed E-state index contributed by atoms with van der Waals surface area (Å²) in [5.74, 6) is 2.89. The fourth-order valence-corrected chi connectivity index (χ4v) is 3.17. The highest BCUT2D eigenvalue weighted by Gasteiger charge is 2.18. The second kappa shape index (κ2) is 7.11. The van der Waals surface area contributed by atoms with Crippen molar-refractivity contribution in [2.75, 3.05) is 13.1 Å². The number of furan rings is 1. The van der Waals surface area contributed by atoms with Crippen LogP contribution in [0.2, 0.25) is 0 Å². The van der Waals surface area contributed by atoms with Crippen LogP contribution >= 0.6 is 0 Å². The third-order valence-corrected chi connectivity index (χ3v) is 4.30. The van der Waals surface area contributed by atoms with Crippen LogP contribution in [0.1, 0.15) is 56.1 Å². The summed E-state index contributed by atoms with van der Waals surface area (Å²) in [6, 6.07) is 2.13. The van der Waals surface area contributed by atoms with Crippen molar-refractivity contribution in [3.05, 3.63) is 23.2 Å². The lowest BCUT2D eigenvalue weighted by Crippen LogP contribution is -2.24.